The van der Waals surface area contributed by atoms with E-state index in [1.807, 2.05) is 0 Å². The summed E-state index contributed by atoms with van der Waals surface area (Å²) >= 11 is 0.742. The Morgan fingerprint density at radius 2 is 2.44 bits per heavy atom. The van der Waals surface area contributed by atoms with E-state index in [0.29, 0.717) is 0 Å². The van der Waals surface area contributed by atoms with Crippen molar-refractivity contribution in [3.8, 4) is 0 Å². The van der Waals surface area contributed by atoms with Crippen LogP contribution in [-0.4, -0.2) is 15.0 Å². The second kappa shape index (κ2) is 1.86. The molecule has 0 N–H and O–H groups in total. The molecule has 1 atom stereocenters. The van der Waals surface area contributed by atoms with E-state index in [9.17, 15) is 0 Å². The van der Waals surface area contributed by atoms with Crippen LogP contribution >= 0.6 is 0 Å². The molecule has 0 saturated carbocycles. The molecule has 0 aromatic rings. The predicted molar refractivity (Wildman–Crippen MR) is 40.5 cm³/mol. The Labute approximate surface area is 61.5 Å². The third-order valence-electron chi connectivity index (χ3n) is 1.72. The molecule has 1 aliphatic heterocycles. The normalized spacial score (nSPS) is 30.1. The molecular formula is C8H8Se. The van der Waals surface area contributed by atoms with Crippen molar-refractivity contribution in [2.75, 3.05) is 0 Å². The summed E-state index contributed by atoms with van der Waals surface area (Å²) in [6, 6.07) is 0. The summed E-state index contributed by atoms with van der Waals surface area (Å²) in [6.45, 7) is 2.31. The monoisotopic (exact) mass is 184 g/mol. The molecule has 46 valence electrons. The number of allylic oxidation sites excluding steroid dienone is 5. The van der Waals surface area contributed by atoms with Crippen LogP contribution in [0.15, 0.2) is 34.3 Å². The Morgan fingerprint density at radius 3 is 3.22 bits per heavy atom. The van der Waals surface area contributed by atoms with Gasteiger partial charge in [-0.1, -0.05) is 0 Å². The Bertz CT molecular complexity index is 221. The van der Waals surface area contributed by atoms with Crippen LogP contribution in [0.1, 0.15) is 6.92 Å². The summed E-state index contributed by atoms with van der Waals surface area (Å²) in [4.78, 5) is 3.22. The first-order valence-corrected chi connectivity index (χ1v) is 5.10. The molecule has 1 heterocycles. The molecule has 2 rings (SSSR count). The van der Waals surface area contributed by atoms with Crippen molar-refractivity contribution in [1.29, 1.82) is 0 Å². The Balaban J connectivity index is 2.42. The molecule has 0 aromatic carbocycles. The minimum absolute atomic E-state index is 0.742. The van der Waals surface area contributed by atoms with Gasteiger partial charge in [0.05, 0.1) is 0 Å². The number of hydrogen-bond donors (Lipinski definition) is 0. The third kappa shape index (κ3) is 0.726. The van der Waals surface area contributed by atoms with Crippen molar-refractivity contribution in [2.45, 2.75) is 11.7 Å². The zero-order chi connectivity index (χ0) is 6.27. The van der Waals surface area contributed by atoms with Gasteiger partial charge in [0.15, 0.2) is 0 Å². The molecule has 0 spiro atoms. The molecule has 0 fully saturated rings. The van der Waals surface area contributed by atoms with E-state index >= 15 is 0 Å². The quantitative estimate of drug-likeness (QED) is 0.503. The zero-order valence-electron chi connectivity index (χ0n) is 5.29. The Morgan fingerprint density at radius 1 is 1.56 bits per heavy atom. The van der Waals surface area contributed by atoms with Crippen molar-refractivity contribution in [2.24, 2.45) is 0 Å². The summed E-state index contributed by atoms with van der Waals surface area (Å²) in [5, 5.41) is 0. The number of hydrogen-bond acceptors (Lipinski definition) is 0. The standard InChI is InChI=1S/C8H8Se/c1-6-8-4-2-3-7(8)5-9-6/h2-6H,1H3. The van der Waals surface area contributed by atoms with E-state index in [-0.39, 0.29) is 0 Å². The molecule has 0 radical (unpaired) electrons. The van der Waals surface area contributed by atoms with Crippen LogP contribution in [0.5, 0.6) is 0 Å². The molecule has 2 aliphatic rings. The molecule has 9 heavy (non-hydrogen) atoms. The topological polar surface area (TPSA) is 0 Å². The van der Waals surface area contributed by atoms with E-state index in [4.69, 9.17) is 0 Å². The van der Waals surface area contributed by atoms with Gasteiger partial charge in [0, 0.05) is 0 Å². The average Bonchev–Trinajstić information content (AvgIpc) is 2.35. The molecule has 1 unspecified atom stereocenters. The molecule has 0 nitrogen and oxygen atoms in total. The van der Waals surface area contributed by atoms with Crippen LogP contribution in [0.3, 0.4) is 0 Å². The van der Waals surface area contributed by atoms with Crippen LogP contribution in [0.25, 0.3) is 0 Å². The van der Waals surface area contributed by atoms with Crippen LogP contribution < -0.4 is 0 Å². The molecule has 0 saturated heterocycles. The van der Waals surface area contributed by atoms with Crippen molar-refractivity contribution < 1.29 is 0 Å². The van der Waals surface area contributed by atoms with Gasteiger partial charge in [-0.25, -0.2) is 0 Å². The molecule has 1 heteroatoms. The van der Waals surface area contributed by atoms with Gasteiger partial charge in [-0.3, -0.25) is 0 Å². The molecule has 0 aromatic heterocycles. The van der Waals surface area contributed by atoms with Crippen LogP contribution in [0.2, 0.25) is 4.82 Å². The zero-order valence-corrected chi connectivity index (χ0v) is 7.01. The fourth-order valence-corrected chi connectivity index (χ4v) is 3.12. The maximum absolute atomic E-state index is 2.38. The van der Waals surface area contributed by atoms with Crippen LogP contribution in [0, 0.1) is 0 Å². The van der Waals surface area contributed by atoms with Gasteiger partial charge in [0.1, 0.15) is 0 Å². The summed E-state index contributed by atoms with van der Waals surface area (Å²) in [5.74, 6) is 0. The second-order valence-corrected chi connectivity index (χ2v) is 4.88. The first kappa shape index (κ1) is 5.52. The van der Waals surface area contributed by atoms with Crippen molar-refractivity contribution >= 4 is 15.0 Å². The molecule has 0 amide bonds. The van der Waals surface area contributed by atoms with E-state index in [1.54, 1.807) is 5.57 Å². The summed E-state index contributed by atoms with van der Waals surface area (Å²) in [6.07, 6.45) is 6.60. The van der Waals surface area contributed by atoms with E-state index < -0.39 is 0 Å². The minimum atomic E-state index is 0.742. The van der Waals surface area contributed by atoms with Crippen molar-refractivity contribution in [3.63, 3.8) is 0 Å². The van der Waals surface area contributed by atoms with E-state index in [2.05, 4.69) is 30.1 Å². The van der Waals surface area contributed by atoms with Crippen LogP contribution in [-0.2, 0) is 0 Å². The number of rotatable bonds is 0. The SMILES string of the molecule is CC1[Se]C=C2C=CC=C21. The van der Waals surface area contributed by atoms with Crippen LogP contribution in [0.4, 0.5) is 0 Å². The summed E-state index contributed by atoms with van der Waals surface area (Å²) in [5.41, 5.74) is 3.05. The molecule has 0 bridgehead atoms. The molecular weight excluding hydrogens is 175 g/mol. The number of fused-ring (bicyclic) bond motifs is 1. The van der Waals surface area contributed by atoms with E-state index in [0.717, 1.165) is 19.8 Å². The van der Waals surface area contributed by atoms with Gasteiger partial charge >= 0.3 is 61.0 Å². The van der Waals surface area contributed by atoms with Gasteiger partial charge in [-0.15, -0.1) is 0 Å². The second-order valence-electron chi connectivity index (χ2n) is 2.33. The first-order valence-electron chi connectivity index (χ1n) is 3.12. The van der Waals surface area contributed by atoms with Gasteiger partial charge in [-0.05, 0) is 0 Å². The fourth-order valence-electron chi connectivity index (χ4n) is 1.17. The third-order valence-corrected chi connectivity index (χ3v) is 3.93. The summed E-state index contributed by atoms with van der Waals surface area (Å²) < 4.78 is 0. The van der Waals surface area contributed by atoms with Gasteiger partial charge in [-0.2, -0.15) is 0 Å². The maximum atomic E-state index is 2.38. The van der Waals surface area contributed by atoms with Gasteiger partial charge in [0.25, 0.3) is 0 Å². The Kier molecular flexibility index (Phi) is 1.14. The Hall–Kier alpha value is -0.261. The predicted octanol–water partition coefficient (Wildman–Crippen LogP) is 1.89. The molecule has 1 aliphatic carbocycles. The summed E-state index contributed by atoms with van der Waals surface area (Å²) in [7, 11) is 0. The van der Waals surface area contributed by atoms with Gasteiger partial charge in [0.2, 0.25) is 0 Å². The van der Waals surface area contributed by atoms with Crippen molar-refractivity contribution in [1.82, 2.24) is 0 Å². The van der Waals surface area contributed by atoms with Crippen molar-refractivity contribution in [3.05, 3.63) is 34.3 Å². The average molecular weight is 183 g/mol. The van der Waals surface area contributed by atoms with E-state index in [1.165, 1.54) is 5.57 Å². The fraction of sp³-hybridized carbons (Fsp3) is 0.250. The van der Waals surface area contributed by atoms with Gasteiger partial charge < -0.3 is 0 Å². The first-order chi connectivity index (χ1) is 4.38.